The van der Waals surface area contributed by atoms with Crippen molar-refractivity contribution >= 4 is 17.2 Å². The molecule has 0 aliphatic carbocycles. The minimum absolute atomic E-state index is 0.291. The fraction of sp³-hybridized carbons (Fsp3) is 0.417. The Labute approximate surface area is 100 Å². The first-order valence-corrected chi connectivity index (χ1v) is 5.82. The van der Waals surface area contributed by atoms with E-state index in [-0.39, 0.29) is 5.82 Å². The minimum Gasteiger partial charge on any atom is -0.384 e. The third kappa shape index (κ3) is 1.92. The van der Waals surface area contributed by atoms with Gasteiger partial charge in [0.1, 0.15) is 5.84 Å². The van der Waals surface area contributed by atoms with Crippen molar-refractivity contribution in [3.05, 3.63) is 23.0 Å². The van der Waals surface area contributed by atoms with Crippen molar-refractivity contribution < 1.29 is 4.39 Å². The molecule has 0 saturated carbocycles. The van der Waals surface area contributed by atoms with Gasteiger partial charge in [0.15, 0.2) is 5.82 Å². The Bertz CT molecular complexity index is 468. The lowest BCUT2D eigenvalue weighted by Gasteiger charge is -2.16. The Morgan fingerprint density at radius 1 is 1.35 bits per heavy atom. The van der Waals surface area contributed by atoms with Crippen molar-refractivity contribution in [3.8, 4) is 0 Å². The van der Waals surface area contributed by atoms with Crippen molar-refractivity contribution in [2.75, 3.05) is 23.7 Å². The van der Waals surface area contributed by atoms with Crippen molar-refractivity contribution in [2.45, 2.75) is 20.4 Å². The standard InChI is InChI=1S/C12H17FN4/c1-3-15-8-5-7-6-17-12(14)9(7)10(13)11(8)16-4-2/h5,15-16H,3-4,6H2,1-2H3,(H2,14,17). The summed E-state index contributed by atoms with van der Waals surface area (Å²) >= 11 is 0. The Morgan fingerprint density at radius 2 is 2.06 bits per heavy atom. The van der Waals surface area contributed by atoms with Gasteiger partial charge in [-0.1, -0.05) is 0 Å². The van der Waals surface area contributed by atoms with Crippen LogP contribution in [-0.2, 0) is 6.54 Å². The molecule has 1 aliphatic rings. The summed E-state index contributed by atoms with van der Waals surface area (Å²) in [5.41, 5.74) is 8.24. The first-order valence-electron chi connectivity index (χ1n) is 5.82. The third-order valence-corrected chi connectivity index (χ3v) is 2.74. The molecule has 1 aromatic rings. The van der Waals surface area contributed by atoms with Gasteiger partial charge in [-0.25, -0.2) is 4.39 Å². The van der Waals surface area contributed by atoms with Crippen LogP contribution in [0.15, 0.2) is 11.1 Å². The molecule has 2 rings (SSSR count). The lowest BCUT2D eigenvalue weighted by molar-refractivity contribution is 0.627. The van der Waals surface area contributed by atoms with Crippen LogP contribution in [0.1, 0.15) is 25.0 Å². The molecule has 4 N–H and O–H groups in total. The Kier molecular flexibility index (Phi) is 3.17. The summed E-state index contributed by atoms with van der Waals surface area (Å²) in [5, 5.41) is 6.18. The number of fused-ring (bicyclic) bond motifs is 1. The molecule has 17 heavy (non-hydrogen) atoms. The largest absolute Gasteiger partial charge is 0.384 e. The van der Waals surface area contributed by atoms with Gasteiger partial charge in [-0.05, 0) is 25.5 Å². The van der Waals surface area contributed by atoms with E-state index in [1.165, 1.54) is 0 Å². The quantitative estimate of drug-likeness (QED) is 0.748. The lowest BCUT2D eigenvalue weighted by atomic mass is 10.0. The molecule has 0 spiro atoms. The van der Waals surface area contributed by atoms with E-state index in [4.69, 9.17) is 5.73 Å². The van der Waals surface area contributed by atoms with Gasteiger partial charge in [0.2, 0.25) is 0 Å². The smallest absolute Gasteiger partial charge is 0.159 e. The van der Waals surface area contributed by atoms with Gasteiger partial charge in [0, 0.05) is 13.1 Å². The van der Waals surface area contributed by atoms with E-state index in [2.05, 4.69) is 15.6 Å². The van der Waals surface area contributed by atoms with E-state index in [1.807, 2.05) is 19.9 Å². The van der Waals surface area contributed by atoms with Gasteiger partial charge in [0.25, 0.3) is 0 Å². The van der Waals surface area contributed by atoms with Crippen LogP contribution in [0.25, 0.3) is 0 Å². The lowest BCUT2D eigenvalue weighted by Crippen LogP contribution is -2.16. The van der Waals surface area contributed by atoms with E-state index in [9.17, 15) is 4.39 Å². The number of nitrogens with two attached hydrogens (primary N) is 1. The summed E-state index contributed by atoms with van der Waals surface area (Å²) in [6.45, 7) is 5.77. The zero-order valence-corrected chi connectivity index (χ0v) is 10.1. The Morgan fingerprint density at radius 3 is 2.71 bits per heavy atom. The highest BCUT2D eigenvalue weighted by Gasteiger charge is 2.23. The molecule has 0 unspecified atom stereocenters. The predicted octanol–water partition coefficient (Wildman–Crippen LogP) is 1.91. The third-order valence-electron chi connectivity index (χ3n) is 2.74. The van der Waals surface area contributed by atoms with Crippen LogP contribution in [0.4, 0.5) is 15.8 Å². The highest BCUT2D eigenvalue weighted by molar-refractivity contribution is 6.03. The van der Waals surface area contributed by atoms with Crippen LogP contribution in [0.2, 0.25) is 0 Å². The zero-order valence-electron chi connectivity index (χ0n) is 10.1. The number of halogens is 1. The molecule has 0 amide bonds. The summed E-state index contributed by atoms with van der Waals surface area (Å²) in [6, 6.07) is 1.92. The topological polar surface area (TPSA) is 62.4 Å². The summed E-state index contributed by atoms with van der Waals surface area (Å²) in [7, 11) is 0. The molecule has 0 fully saturated rings. The minimum atomic E-state index is -0.306. The molecule has 0 atom stereocenters. The molecule has 4 nitrogen and oxygen atoms in total. The van der Waals surface area contributed by atoms with Crippen LogP contribution in [0.3, 0.4) is 0 Å². The second kappa shape index (κ2) is 4.61. The van der Waals surface area contributed by atoms with E-state index in [0.717, 1.165) is 17.8 Å². The van der Waals surface area contributed by atoms with Gasteiger partial charge in [-0.2, -0.15) is 0 Å². The summed E-state index contributed by atoms with van der Waals surface area (Å²) in [4.78, 5) is 4.07. The SMILES string of the molecule is CCNc1cc2c(c(F)c1NCC)C(N)=NC2. The van der Waals surface area contributed by atoms with Crippen molar-refractivity contribution in [3.63, 3.8) is 0 Å². The van der Waals surface area contributed by atoms with Crippen molar-refractivity contribution in [1.82, 2.24) is 0 Å². The fourth-order valence-electron chi connectivity index (χ4n) is 2.03. The predicted molar refractivity (Wildman–Crippen MR) is 69.2 cm³/mol. The molecule has 1 aliphatic heterocycles. The Hall–Kier alpha value is -1.78. The van der Waals surface area contributed by atoms with E-state index < -0.39 is 0 Å². The average molecular weight is 236 g/mol. The second-order valence-electron chi connectivity index (χ2n) is 3.91. The maximum Gasteiger partial charge on any atom is 0.159 e. The van der Waals surface area contributed by atoms with Crippen LogP contribution in [0.5, 0.6) is 0 Å². The second-order valence-corrected chi connectivity index (χ2v) is 3.91. The number of hydrogen-bond donors (Lipinski definition) is 3. The molecular formula is C12H17FN4. The van der Waals surface area contributed by atoms with E-state index >= 15 is 0 Å². The molecule has 0 saturated heterocycles. The number of amidine groups is 1. The van der Waals surface area contributed by atoms with Crippen molar-refractivity contribution in [2.24, 2.45) is 10.7 Å². The van der Waals surface area contributed by atoms with Gasteiger partial charge < -0.3 is 16.4 Å². The summed E-state index contributed by atoms with van der Waals surface area (Å²) in [6.07, 6.45) is 0. The fourth-order valence-corrected chi connectivity index (χ4v) is 2.03. The molecule has 1 heterocycles. The zero-order chi connectivity index (χ0) is 12.4. The summed E-state index contributed by atoms with van der Waals surface area (Å²) < 4.78 is 14.3. The van der Waals surface area contributed by atoms with Crippen LogP contribution in [0, 0.1) is 5.82 Å². The monoisotopic (exact) mass is 236 g/mol. The Balaban J connectivity index is 2.54. The molecule has 0 radical (unpaired) electrons. The maximum atomic E-state index is 14.3. The maximum absolute atomic E-state index is 14.3. The molecule has 92 valence electrons. The summed E-state index contributed by atoms with van der Waals surface area (Å²) in [5.74, 6) is -0.0150. The molecule has 5 heteroatoms. The van der Waals surface area contributed by atoms with Crippen LogP contribution >= 0.6 is 0 Å². The highest BCUT2D eigenvalue weighted by atomic mass is 19.1. The van der Waals surface area contributed by atoms with Crippen LogP contribution in [-0.4, -0.2) is 18.9 Å². The van der Waals surface area contributed by atoms with Gasteiger partial charge in [-0.3, -0.25) is 4.99 Å². The molecular weight excluding hydrogens is 219 g/mol. The number of rotatable bonds is 4. The van der Waals surface area contributed by atoms with Gasteiger partial charge in [-0.15, -0.1) is 0 Å². The average Bonchev–Trinajstić information content (AvgIpc) is 2.66. The first-order chi connectivity index (χ1) is 8.19. The van der Waals surface area contributed by atoms with E-state index in [1.54, 1.807) is 0 Å². The first kappa shape index (κ1) is 11.7. The van der Waals surface area contributed by atoms with Gasteiger partial charge >= 0.3 is 0 Å². The number of anilines is 2. The van der Waals surface area contributed by atoms with Crippen molar-refractivity contribution in [1.29, 1.82) is 0 Å². The highest BCUT2D eigenvalue weighted by Crippen LogP contribution is 2.33. The number of benzene rings is 1. The number of aliphatic imine (C=N–C) groups is 1. The van der Waals surface area contributed by atoms with Crippen LogP contribution < -0.4 is 16.4 Å². The number of hydrogen-bond acceptors (Lipinski definition) is 4. The number of nitrogens with zero attached hydrogens (tertiary/aromatic N) is 1. The van der Waals surface area contributed by atoms with Gasteiger partial charge in [0.05, 0.1) is 23.5 Å². The number of nitrogens with one attached hydrogen (secondary N) is 2. The van der Waals surface area contributed by atoms with E-state index in [0.29, 0.717) is 30.2 Å². The molecule has 0 bridgehead atoms. The normalized spacial score (nSPS) is 13.2. The molecule has 1 aromatic carbocycles. The molecule has 0 aromatic heterocycles.